The average Bonchev–Trinajstić information content (AvgIpc) is 3.06. The Labute approximate surface area is 167 Å². The number of carboxylic acid groups (broad SMARTS) is 1. The van der Waals surface area contributed by atoms with Gasteiger partial charge in [-0.2, -0.15) is 4.99 Å². The number of aliphatic carboxylic acids is 1. The van der Waals surface area contributed by atoms with Crippen molar-refractivity contribution in [3.8, 4) is 5.75 Å². The number of anilines is 1. The van der Waals surface area contributed by atoms with Crippen LogP contribution >= 0.6 is 11.8 Å². The molecule has 0 saturated carbocycles. The minimum Gasteiger partial charge on any atom is -0.492 e. The number of nitrogens with zero attached hydrogens (tertiary/aromatic N) is 2. The number of rotatable bonds is 7. The van der Waals surface area contributed by atoms with Crippen LogP contribution in [-0.2, 0) is 19.4 Å². The lowest BCUT2D eigenvalue weighted by atomic mass is 10.2. The van der Waals surface area contributed by atoms with Crippen LogP contribution in [0.2, 0.25) is 0 Å². The summed E-state index contributed by atoms with van der Waals surface area (Å²) >= 11 is 1.29. The van der Waals surface area contributed by atoms with Crippen LogP contribution in [0.1, 0.15) is 26.2 Å². The number of fused-ring (bicyclic) bond motifs is 1. The highest BCUT2D eigenvalue weighted by Crippen LogP contribution is 2.43. The van der Waals surface area contributed by atoms with Crippen LogP contribution in [0.15, 0.2) is 29.3 Å². The summed E-state index contributed by atoms with van der Waals surface area (Å²) < 4.78 is 30.0. The molecule has 0 spiro atoms. The zero-order chi connectivity index (χ0) is 20.3. The van der Waals surface area contributed by atoms with E-state index in [1.54, 1.807) is 11.0 Å². The van der Waals surface area contributed by atoms with Gasteiger partial charge in [-0.05, 0) is 25.5 Å². The molecule has 28 heavy (non-hydrogen) atoms. The van der Waals surface area contributed by atoms with Crippen molar-refractivity contribution in [3.63, 3.8) is 0 Å². The van der Waals surface area contributed by atoms with Gasteiger partial charge >= 0.3 is 5.97 Å². The van der Waals surface area contributed by atoms with Gasteiger partial charge in [0.2, 0.25) is 5.91 Å². The summed E-state index contributed by atoms with van der Waals surface area (Å²) in [6.45, 7) is 2.31. The third kappa shape index (κ3) is 4.67. The molecule has 10 heteroatoms. The highest BCUT2D eigenvalue weighted by Gasteiger charge is 2.50. The molecule has 0 unspecified atom stereocenters. The SMILES string of the molecule is CCOc1ccccc1N1C(=NC(=O)CCCC(=O)O)S[C@@H]2CS(=O)(=O)C[C@@H]21. The van der Waals surface area contributed by atoms with Crippen molar-refractivity contribution < 1.29 is 27.9 Å². The maximum absolute atomic E-state index is 12.2. The molecule has 2 aliphatic heterocycles. The average molecular weight is 427 g/mol. The molecule has 0 bridgehead atoms. The van der Waals surface area contributed by atoms with Crippen molar-refractivity contribution in [2.24, 2.45) is 4.99 Å². The first-order chi connectivity index (χ1) is 13.3. The molecule has 1 aromatic carbocycles. The fourth-order valence-electron chi connectivity index (χ4n) is 3.33. The minimum atomic E-state index is -3.16. The maximum Gasteiger partial charge on any atom is 0.303 e. The van der Waals surface area contributed by atoms with Gasteiger partial charge in [-0.3, -0.25) is 9.59 Å². The van der Waals surface area contributed by atoms with E-state index >= 15 is 0 Å². The second-order valence-electron chi connectivity index (χ2n) is 6.61. The fourth-order valence-corrected chi connectivity index (χ4v) is 7.26. The molecule has 0 radical (unpaired) electrons. The summed E-state index contributed by atoms with van der Waals surface area (Å²) in [5, 5.41) is 8.95. The van der Waals surface area contributed by atoms with Gasteiger partial charge in [0, 0.05) is 18.1 Å². The maximum atomic E-state index is 12.2. The van der Waals surface area contributed by atoms with E-state index in [1.165, 1.54) is 11.8 Å². The van der Waals surface area contributed by atoms with Crippen molar-refractivity contribution in [2.45, 2.75) is 37.5 Å². The number of aliphatic imine (C=N–C) groups is 1. The molecule has 152 valence electrons. The van der Waals surface area contributed by atoms with Crippen LogP contribution in [0.5, 0.6) is 5.75 Å². The quantitative estimate of drug-likeness (QED) is 0.704. The van der Waals surface area contributed by atoms with Crippen molar-refractivity contribution in [3.05, 3.63) is 24.3 Å². The zero-order valence-electron chi connectivity index (χ0n) is 15.4. The molecule has 1 N–H and O–H groups in total. The molecule has 2 aliphatic rings. The number of ether oxygens (including phenoxy) is 1. The topological polar surface area (TPSA) is 113 Å². The summed E-state index contributed by atoms with van der Waals surface area (Å²) in [5.74, 6) is -0.728. The monoisotopic (exact) mass is 426 g/mol. The zero-order valence-corrected chi connectivity index (χ0v) is 17.0. The molecule has 1 amide bonds. The van der Waals surface area contributed by atoms with Gasteiger partial charge in [-0.15, -0.1) is 0 Å². The summed E-state index contributed by atoms with van der Waals surface area (Å²) in [7, 11) is -3.16. The second kappa shape index (κ2) is 8.52. The van der Waals surface area contributed by atoms with E-state index in [0.717, 1.165) is 0 Å². The molecule has 2 fully saturated rings. The standard InChI is InChI=1S/C18H22N2O6S2/c1-2-26-14-7-4-3-6-12(14)20-13-10-28(24,25)11-15(13)27-18(20)19-16(21)8-5-9-17(22)23/h3-4,6-7,13,15H,2,5,8-11H2,1H3,(H,22,23)/t13-,15+/m0/s1. The molecule has 0 aliphatic carbocycles. The van der Waals surface area contributed by atoms with Gasteiger partial charge in [0.15, 0.2) is 15.0 Å². The third-order valence-corrected chi connectivity index (χ3v) is 7.70. The predicted molar refractivity (Wildman–Crippen MR) is 108 cm³/mol. The lowest BCUT2D eigenvalue weighted by molar-refractivity contribution is -0.137. The second-order valence-corrected chi connectivity index (χ2v) is 9.97. The summed E-state index contributed by atoms with van der Waals surface area (Å²) in [6.07, 6.45) is 0.154. The number of thioether (sulfide) groups is 1. The number of carboxylic acids is 1. The number of amides is 1. The van der Waals surface area contributed by atoms with Crippen molar-refractivity contribution in [1.82, 2.24) is 0 Å². The van der Waals surface area contributed by atoms with Crippen molar-refractivity contribution in [2.75, 3.05) is 23.0 Å². The van der Waals surface area contributed by atoms with E-state index in [2.05, 4.69) is 4.99 Å². The van der Waals surface area contributed by atoms with Gasteiger partial charge in [0.05, 0.1) is 29.8 Å². The number of para-hydroxylation sites is 2. The largest absolute Gasteiger partial charge is 0.492 e. The highest BCUT2D eigenvalue weighted by molar-refractivity contribution is 8.16. The number of hydrogen-bond donors (Lipinski definition) is 1. The fraction of sp³-hybridized carbons (Fsp3) is 0.500. The molecule has 3 rings (SSSR count). The Morgan fingerprint density at radius 1 is 1.29 bits per heavy atom. The first kappa shape index (κ1) is 20.7. The van der Waals surface area contributed by atoms with Gasteiger partial charge in [-0.1, -0.05) is 23.9 Å². The smallest absolute Gasteiger partial charge is 0.303 e. The molecular weight excluding hydrogens is 404 g/mol. The Morgan fingerprint density at radius 2 is 2.04 bits per heavy atom. The Morgan fingerprint density at radius 3 is 2.75 bits per heavy atom. The first-order valence-electron chi connectivity index (χ1n) is 9.02. The highest BCUT2D eigenvalue weighted by atomic mass is 32.2. The number of amidine groups is 1. The van der Waals surface area contributed by atoms with Crippen LogP contribution in [0.25, 0.3) is 0 Å². The number of sulfone groups is 1. The van der Waals surface area contributed by atoms with E-state index in [0.29, 0.717) is 23.2 Å². The lowest BCUT2D eigenvalue weighted by Crippen LogP contribution is -2.38. The molecular formula is C18H22N2O6S2. The van der Waals surface area contributed by atoms with E-state index in [-0.39, 0.29) is 42.1 Å². The molecule has 0 aromatic heterocycles. The molecule has 1 aromatic rings. The van der Waals surface area contributed by atoms with E-state index in [9.17, 15) is 18.0 Å². The van der Waals surface area contributed by atoms with E-state index < -0.39 is 21.7 Å². The van der Waals surface area contributed by atoms with E-state index in [4.69, 9.17) is 9.84 Å². The number of benzene rings is 1. The molecule has 2 atom stereocenters. The first-order valence-corrected chi connectivity index (χ1v) is 11.7. The van der Waals surface area contributed by atoms with Gasteiger partial charge in [0.25, 0.3) is 0 Å². The summed E-state index contributed by atoms with van der Waals surface area (Å²) in [6, 6.07) is 6.96. The number of carbonyl (C=O) groups excluding carboxylic acids is 1. The Bertz CT molecular complexity index is 899. The Hall–Kier alpha value is -2.07. The number of hydrogen-bond acceptors (Lipinski definition) is 6. The summed E-state index contributed by atoms with van der Waals surface area (Å²) in [5.41, 5.74) is 0.679. The van der Waals surface area contributed by atoms with E-state index in [1.807, 2.05) is 25.1 Å². The Kier molecular flexibility index (Phi) is 6.29. The number of carbonyl (C=O) groups is 2. The third-order valence-electron chi connectivity index (χ3n) is 4.49. The molecule has 2 saturated heterocycles. The molecule has 2 heterocycles. The van der Waals surface area contributed by atoms with Crippen LogP contribution in [-0.4, -0.2) is 60.0 Å². The Balaban J connectivity index is 1.90. The van der Waals surface area contributed by atoms with Crippen LogP contribution in [0, 0.1) is 0 Å². The van der Waals surface area contributed by atoms with Gasteiger partial charge in [-0.25, -0.2) is 8.42 Å². The lowest BCUT2D eigenvalue weighted by Gasteiger charge is -2.26. The van der Waals surface area contributed by atoms with Crippen LogP contribution < -0.4 is 9.64 Å². The molecule has 8 nitrogen and oxygen atoms in total. The van der Waals surface area contributed by atoms with Crippen LogP contribution in [0.3, 0.4) is 0 Å². The van der Waals surface area contributed by atoms with Gasteiger partial charge < -0.3 is 14.7 Å². The van der Waals surface area contributed by atoms with Crippen molar-refractivity contribution >= 4 is 44.3 Å². The minimum absolute atomic E-state index is 0.00263. The summed E-state index contributed by atoms with van der Waals surface area (Å²) in [4.78, 5) is 28.8. The van der Waals surface area contributed by atoms with Crippen molar-refractivity contribution in [1.29, 1.82) is 0 Å². The predicted octanol–water partition coefficient (Wildman–Crippen LogP) is 1.94. The normalized spacial score (nSPS) is 24.3. The van der Waals surface area contributed by atoms with Crippen LogP contribution in [0.4, 0.5) is 5.69 Å². The van der Waals surface area contributed by atoms with Gasteiger partial charge in [0.1, 0.15) is 5.75 Å².